The molecule has 5 aromatic rings. The number of rotatable bonds is 6. The summed E-state index contributed by atoms with van der Waals surface area (Å²) >= 11 is 1.33. The molecule has 1 unspecified atom stereocenters. The Morgan fingerprint density at radius 1 is 0.974 bits per heavy atom. The van der Waals surface area contributed by atoms with Gasteiger partial charge >= 0.3 is 5.91 Å². The maximum Gasteiger partial charge on any atom is 0.301 e. The second-order valence-electron chi connectivity index (χ2n) is 9.22. The first-order chi connectivity index (χ1) is 19.0. The highest BCUT2D eigenvalue weighted by atomic mass is 32.1. The van der Waals surface area contributed by atoms with Crippen molar-refractivity contribution < 1.29 is 19.4 Å². The molecule has 39 heavy (non-hydrogen) atoms. The third-order valence-electron chi connectivity index (χ3n) is 6.56. The fourth-order valence-corrected chi connectivity index (χ4v) is 5.74. The van der Waals surface area contributed by atoms with Crippen LogP contribution >= 0.6 is 11.3 Å². The van der Waals surface area contributed by atoms with Crippen molar-refractivity contribution in [1.82, 2.24) is 9.97 Å². The number of carbonyl (C=O) groups is 2. The molecule has 0 spiro atoms. The molecule has 6 rings (SSSR count). The molecule has 0 radical (unpaired) electrons. The number of aromatic nitrogens is 2. The second kappa shape index (κ2) is 10.2. The average Bonchev–Trinajstić information content (AvgIpc) is 3.50. The third-order valence-corrected chi connectivity index (χ3v) is 7.58. The van der Waals surface area contributed by atoms with Gasteiger partial charge in [0.25, 0.3) is 5.78 Å². The lowest BCUT2D eigenvalue weighted by Crippen LogP contribution is -2.29. The van der Waals surface area contributed by atoms with Gasteiger partial charge in [-0.3, -0.25) is 19.5 Å². The number of ketones is 1. The number of amides is 1. The van der Waals surface area contributed by atoms with Crippen molar-refractivity contribution in [2.45, 2.75) is 19.6 Å². The molecule has 1 aliphatic rings. The van der Waals surface area contributed by atoms with E-state index in [0.717, 1.165) is 21.3 Å². The van der Waals surface area contributed by atoms with Crippen molar-refractivity contribution in [2.24, 2.45) is 0 Å². The van der Waals surface area contributed by atoms with Gasteiger partial charge < -0.3 is 9.84 Å². The molecule has 1 amide bonds. The minimum absolute atomic E-state index is 0.0122. The molecule has 1 saturated heterocycles. The lowest BCUT2D eigenvalue weighted by atomic mass is 9.95. The number of ether oxygens (including phenoxy) is 1. The monoisotopic (exact) mass is 533 g/mol. The van der Waals surface area contributed by atoms with Gasteiger partial charge in [-0.05, 0) is 60.0 Å². The van der Waals surface area contributed by atoms with E-state index >= 15 is 0 Å². The van der Waals surface area contributed by atoms with Crippen LogP contribution in [0.1, 0.15) is 28.3 Å². The van der Waals surface area contributed by atoms with E-state index in [4.69, 9.17) is 4.74 Å². The Labute approximate surface area is 228 Å². The van der Waals surface area contributed by atoms with Crippen molar-refractivity contribution in [1.29, 1.82) is 0 Å². The molecule has 1 N–H and O–H groups in total. The number of aliphatic hydroxyl groups is 1. The van der Waals surface area contributed by atoms with Gasteiger partial charge in [0.05, 0.1) is 21.8 Å². The highest BCUT2D eigenvalue weighted by Crippen LogP contribution is 2.44. The number of pyridine rings is 1. The number of nitrogens with zero attached hydrogens (tertiary/aromatic N) is 3. The maximum absolute atomic E-state index is 13.5. The SMILES string of the molecule is Cc1ccc2nc(N3C(=O)C(=O)C(=C(O)c4ccncc4)C3c3cccc(OCc4ccccc4)c3)sc2c1. The largest absolute Gasteiger partial charge is 0.507 e. The molecular weight excluding hydrogens is 510 g/mol. The van der Waals surface area contributed by atoms with Crippen LogP contribution in [0.25, 0.3) is 16.0 Å². The van der Waals surface area contributed by atoms with Gasteiger partial charge in [-0.15, -0.1) is 0 Å². The lowest BCUT2D eigenvalue weighted by Gasteiger charge is -2.23. The number of thiazole rings is 1. The minimum Gasteiger partial charge on any atom is -0.507 e. The number of hydrogen-bond donors (Lipinski definition) is 1. The molecule has 0 bridgehead atoms. The lowest BCUT2D eigenvalue weighted by molar-refractivity contribution is -0.132. The predicted octanol–water partition coefficient (Wildman–Crippen LogP) is 6.21. The van der Waals surface area contributed by atoms with E-state index in [1.165, 1.54) is 28.6 Å². The molecule has 192 valence electrons. The quantitative estimate of drug-likeness (QED) is 0.159. The van der Waals surface area contributed by atoms with Gasteiger partial charge in [-0.1, -0.05) is 59.9 Å². The first-order valence-electron chi connectivity index (χ1n) is 12.3. The molecule has 2 aromatic heterocycles. The zero-order valence-electron chi connectivity index (χ0n) is 20.9. The van der Waals surface area contributed by atoms with Crippen LogP contribution in [-0.2, 0) is 16.2 Å². The van der Waals surface area contributed by atoms with E-state index in [-0.39, 0.29) is 11.3 Å². The zero-order chi connectivity index (χ0) is 26.9. The topological polar surface area (TPSA) is 92.6 Å². The van der Waals surface area contributed by atoms with Gasteiger partial charge in [0.1, 0.15) is 18.1 Å². The van der Waals surface area contributed by atoms with Crippen molar-refractivity contribution in [3.63, 3.8) is 0 Å². The van der Waals surface area contributed by atoms with Crippen LogP contribution in [0.2, 0.25) is 0 Å². The van der Waals surface area contributed by atoms with Crippen LogP contribution < -0.4 is 9.64 Å². The van der Waals surface area contributed by atoms with Gasteiger partial charge in [-0.25, -0.2) is 4.98 Å². The minimum atomic E-state index is -0.903. The van der Waals surface area contributed by atoms with E-state index in [2.05, 4.69) is 9.97 Å². The Bertz CT molecular complexity index is 1730. The number of benzene rings is 3. The van der Waals surface area contributed by atoms with Gasteiger partial charge in [0.2, 0.25) is 0 Å². The standard InChI is InChI=1S/C31H23N3O4S/c1-19-10-11-24-25(16-19)39-31(33-24)34-27(26(29(36)30(34)37)28(35)21-12-14-32-15-13-21)22-8-5-9-23(17-22)38-18-20-6-3-2-4-7-20/h2-17,27,35H,18H2,1H3. The van der Waals surface area contributed by atoms with Crippen molar-refractivity contribution in [3.05, 3.63) is 125 Å². The summed E-state index contributed by atoms with van der Waals surface area (Å²) in [5.74, 6) is -1.22. The highest BCUT2D eigenvalue weighted by Gasteiger charge is 2.48. The Morgan fingerprint density at radius 3 is 2.56 bits per heavy atom. The summed E-state index contributed by atoms with van der Waals surface area (Å²) in [5, 5.41) is 11.7. The van der Waals surface area contributed by atoms with Gasteiger partial charge in [0.15, 0.2) is 5.13 Å². The second-order valence-corrected chi connectivity index (χ2v) is 10.2. The van der Waals surface area contributed by atoms with Gasteiger partial charge in [0, 0.05) is 18.0 Å². The van der Waals surface area contributed by atoms with Crippen molar-refractivity contribution >= 4 is 44.1 Å². The van der Waals surface area contributed by atoms with Crippen LogP contribution in [0.3, 0.4) is 0 Å². The van der Waals surface area contributed by atoms with Crippen LogP contribution in [0.4, 0.5) is 5.13 Å². The summed E-state index contributed by atoms with van der Waals surface area (Å²) < 4.78 is 6.94. The van der Waals surface area contributed by atoms with Crippen LogP contribution in [0.15, 0.2) is 103 Å². The van der Waals surface area contributed by atoms with Gasteiger partial charge in [-0.2, -0.15) is 0 Å². The van der Waals surface area contributed by atoms with Crippen LogP contribution in [0, 0.1) is 6.92 Å². The van der Waals surface area contributed by atoms with Crippen molar-refractivity contribution in [3.8, 4) is 5.75 Å². The Kier molecular flexibility index (Phi) is 6.38. The maximum atomic E-state index is 13.5. The van der Waals surface area contributed by atoms with E-state index in [9.17, 15) is 14.7 Å². The fraction of sp³-hybridized carbons (Fsp3) is 0.0968. The van der Waals surface area contributed by atoms with Crippen LogP contribution in [-0.4, -0.2) is 26.8 Å². The highest BCUT2D eigenvalue weighted by molar-refractivity contribution is 7.22. The number of aryl methyl sites for hydroxylation is 1. The molecule has 0 aliphatic carbocycles. The Hall–Kier alpha value is -4.82. The first kappa shape index (κ1) is 24.5. The van der Waals surface area contributed by atoms with E-state index in [1.54, 1.807) is 18.2 Å². The molecule has 1 fully saturated rings. The summed E-state index contributed by atoms with van der Waals surface area (Å²) in [7, 11) is 0. The average molecular weight is 534 g/mol. The Morgan fingerprint density at radius 2 is 1.77 bits per heavy atom. The van der Waals surface area contributed by atoms with E-state index < -0.39 is 17.7 Å². The zero-order valence-corrected chi connectivity index (χ0v) is 21.8. The number of Topliss-reactive ketones (excluding diaryl/α,β-unsaturated/α-hetero) is 1. The molecule has 1 aliphatic heterocycles. The van der Waals surface area contributed by atoms with E-state index in [0.29, 0.717) is 28.6 Å². The number of carbonyl (C=O) groups excluding carboxylic acids is 2. The first-order valence-corrected chi connectivity index (χ1v) is 13.2. The Balaban J connectivity index is 1.47. The number of aliphatic hydroxyl groups excluding tert-OH is 1. The number of fused-ring (bicyclic) bond motifs is 1. The van der Waals surface area contributed by atoms with Crippen molar-refractivity contribution in [2.75, 3.05) is 4.90 Å². The molecule has 1 atom stereocenters. The molecule has 3 heterocycles. The predicted molar refractivity (Wildman–Crippen MR) is 151 cm³/mol. The molecule has 8 heteroatoms. The van der Waals surface area contributed by atoms with E-state index in [1.807, 2.05) is 73.7 Å². The molecular formula is C31H23N3O4S. The summed E-state index contributed by atoms with van der Waals surface area (Å²) in [6, 6.07) is 25.2. The fourth-order valence-electron chi connectivity index (χ4n) is 4.65. The summed E-state index contributed by atoms with van der Waals surface area (Å²) in [6.07, 6.45) is 3.04. The smallest absolute Gasteiger partial charge is 0.301 e. The summed E-state index contributed by atoms with van der Waals surface area (Å²) in [4.78, 5) is 37.1. The van der Waals surface area contributed by atoms with Crippen LogP contribution in [0.5, 0.6) is 5.75 Å². The molecule has 0 saturated carbocycles. The number of hydrogen-bond acceptors (Lipinski definition) is 7. The third kappa shape index (κ3) is 4.66. The number of anilines is 1. The molecule has 3 aromatic carbocycles. The summed E-state index contributed by atoms with van der Waals surface area (Å²) in [6.45, 7) is 2.35. The molecule has 7 nitrogen and oxygen atoms in total. The summed E-state index contributed by atoms with van der Waals surface area (Å²) in [5.41, 5.74) is 3.81. The normalized spacial score (nSPS) is 16.6.